The van der Waals surface area contributed by atoms with Crippen LogP contribution < -0.4 is 0 Å². The van der Waals surface area contributed by atoms with Crippen molar-refractivity contribution >= 4 is 36.1 Å². The molecule has 0 bridgehead atoms. The maximum Gasteiger partial charge on any atom is 0.337 e. The quantitative estimate of drug-likeness (QED) is 0.149. The molecule has 0 unspecified atom stereocenters. The number of methoxy groups -OCH3 is 1. The van der Waals surface area contributed by atoms with Crippen LogP contribution >= 0.6 is 0 Å². The summed E-state index contributed by atoms with van der Waals surface area (Å²) in [4.78, 5) is 71.0. The van der Waals surface area contributed by atoms with Gasteiger partial charge >= 0.3 is 29.8 Å². The van der Waals surface area contributed by atoms with Gasteiger partial charge in [0.25, 0.3) is 0 Å². The molecule has 1 saturated heterocycles. The molecule has 1 fully saturated rings. The van der Waals surface area contributed by atoms with Gasteiger partial charge in [0.1, 0.15) is 19.0 Å². The lowest BCUT2D eigenvalue weighted by Crippen LogP contribution is -2.63. The van der Waals surface area contributed by atoms with Crippen molar-refractivity contribution in [3.05, 3.63) is 24.5 Å². The molecule has 39 heavy (non-hydrogen) atoms. The second-order valence-electron chi connectivity index (χ2n) is 8.59. The summed E-state index contributed by atoms with van der Waals surface area (Å²) in [5.41, 5.74) is 0.0656. The molecule has 14 nitrogen and oxygen atoms in total. The monoisotopic (exact) mass is 556 g/mol. The number of carbonyl (C=O) groups excluding carboxylic acids is 6. The lowest BCUT2D eigenvalue weighted by molar-refractivity contribution is -0.342. The first kappa shape index (κ1) is 31.4. The van der Waals surface area contributed by atoms with Crippen LogP contribution in [0.5, 0.6) is 0 Å². The molecule has 0 N–H and O–H groups in total. The minimum absolute atomic E-state index is 0.0656. The van der Waals surface area contributed by atoms with Crippen LogP contribution in [0.2, 0.25) is 0 Å². The molecule has 2 heterocycles. The predicted octanol–water partition coefficient (Wildman–Crippen LogP) is 0.507. The number of rotatable bonds is 11. The van der Waals surface area contributed by atoms with Crippen LogP contribution in [0, 0.1) is 11.8 Å². The van der Waals surface area contributed by atoms with Gasteiger partial charge in [-0.15, -0.1) is 6.58 Å². The lowest BCUT2D eigenvalue weighted by atomic mass is 9.82. The Morgan fingerprint density at radius 1 is 0.897 bits per heavy atom. The fourth-order valence-electron chi connectivity index (χ4n) is 4.25. The molecule has 0 aromatic rings. The van der Waals surface area contributed by atoms with Gasteiger partial charge in [-0.25, -0.2) is 4.79 Å². The normalized spacial score (nSPS) is 29.9. The predicted molar refractivity (Wildman–Crippen MR) is 126 cm³/mol. The highest BCUT2D eigenvalue weighted by Gasteiger charge is 2.54. The average Bonchev–Trinajstić information content (AvgIpc) is 2.85. The molecule has 0 aromatic heterocycles. The second kappa shape index (κ2) is 14.4. The van der Waals surface area contributed by atoms with E-state index in [0.29, 0.717) is 6.29 Å². The number of esters is 5. The Morgan fingerprint density at radius 3 is 2.00 bits per heavy atom. The Hall–Kier alpha value is -3.78. The van der Waals surface area contributed by atoms with Gasteiger partial charge in [0.15, 0.2) is 18.3 Å². The fraction of sp³-hybridized carbons (Fsp3) is 0.600. The van der Waals surface area contributed by atoms with Gasteiger partial charge < -0.3 is 42.7 Å². The SMILES string of the molecule is C=C[C@H]1[C@H](O[C@@H]2O[C@H](COC(C)=O)[C@@H](OC(C)=O)[C@H](OC(C)=O)[C@H]2OC(C)=O)OC=C(C(=O)OC)[C@H]1CC=O. The van der Waals surface area contributed by atoms with Gasteiger partial charge in [-0.3, -0.25) is 19.2 Å². The van der Waals surface area contributed by atoms with E-state index in [2.05, 4.69) is 6.58 Å². The smallest absolute Gasteiger partial charge is 0.337 e. The van der Waals surface area contributed by atoms with Crippen molar-refractivity contribution in [3.63, 3.8) is 0 Å². The maximum absolute atomic E-state index is 12.2. The van der Waals surface area contributed by atoms with Crippen LogP contribution in [-0.2, 0) is 66.7 Å². The van der Waals surface area contributed by atoms with Crippen molar-refractivity contribution in [2.75, 3.05) is 13.7 Å². The lowest BCUT2D eigenvalue weighted by Gasteiger charge is -2.45. The number of hydrogen-bond acceptors (Lipinski definition) is 14. The summed E-state index contributed by atoms with van der Waals surface area (Å²) in [5.74, 6) is -5.36. The van der Waals surface area contributed by atoms with Crippen LogP contribution in [0.1, 0.15) is 34.1 Å². The van der Waals surface area contributed by atoms with E-state index in [-0.39, 0.29) is 12.0 Å². The topological polar surface area (TPSA) is 176 Å². The molecule has 0 saturated carbocycles. The molecule has 2 aliphatic heterocycles. The zero-order valence-electron chi connectivity index (χ0n) is 22.2. The highest BCUT2D eigenvalue weighted by molar-refractivity contribution is 5.89. The zero-order chi connectivity index (χ0) is 29.3. The number of ether oxygens (including phenoxy) is 8. The van der Waals surface area contributed by atoms with Crippen LogP contribution in [0.4, 0.5) is 0 Å². The van der Waals surface area contributed by atoms with Crippen LogP contribution in [0.3, 0.4) is 0 Å². The Morgan fingerprint density at radius 2 is 1.49 bits per heavy atom. The summed E-state index contributed by atoms with van der Waals surface area (Å²) in [6.07, 6.45) is -5.36. The van der Waals surface area contributed by atoms with E-state index in [0.717, 1.165) is 34.0 Å². The van der Waals surface area contributed by atoms with Crippen molar-refractivity contribution in [2.24, 2.45) is 11.8 Å². The molecule has 2 rings (SSSR count). The molecule has 14 heteroatoms. The molecule has 0 amide bonds. The first-order valence-corrected chi connectivity index (χ1v) is 11.9. The number of aldehydes is 1. The summed E-state index contributed by atoms with van der Waals surface area (Å²) in [6, 6.07) is 0. The summed E-state index contributed by atoms with van der Waals surface area (Å²) in [5, 5.41) is 0. The van der Waals surface area contributed by atoms with Gasteiger partial charge in [0, 0.05) is 46.0 Å². The minimum Gasteiger partial charge on any atom is -0.471 e. The van der Waals surface area contributed by atoms with E-state index >= 15 is 0 Å². The fourth-order valence-corrected chi connectivity index (χ4v) is 4.25. The van der Waals surface area contributed by atoms with Gasteiger partial charge in [-0.05, 0) is 0 Å². The molecule has 2 aliphatic rings. The van der Waals surface area contributed by atoms with Gasteiger partial charge in [-0.1, -0.05) is 6.08 Å². The van der Waals surface area contributed by atoms with Crippen molar-refractivity contribution in [1.82, 2.24) is 0 Å². The van der Waals surface area contributed by atoms with E-state index in [1.165, 1.54) is 13.2 Å². The third-order valence-corrected chi connectivity index (χ3v) is 5.77. The first-order chi connectivity index (χ1) is 18.4. The van der Waals surface area contributed by atoms with Crippen molar-refractivity contribution < 1.29 is 66.7 Å². The standard InChI is InChI=1S/C25H32O14/c1-7-16-17(8-9-26)18(23(31)32-6)10-34-24(16)39-25-22(37-15(5)30)21(36-14(4)29)20(35-13(3)28)19(38-25)11-33-12(2)27/h7,9-10,16-17,19-22,24-25H,1,8,11H2,2-6H3/t16-,17+,19-,20-,21+,22-,24+,25+/m1/s1. The highest BCUT2D eigenvalue weighted by Crippen LogP contribution is 2.37. The molecule has 216 valence electrons. The third-order valence-electron chi connectivity index (χ3n) is 5.77. The summed E-state index contributed by atoms with van der Waals surface area (Å²) < 4.78 is 43.4. The Bertz CT molecular complexity index is 987. The summed E-state index contributed by atoms with van der Waals surface area (Å²) in [6.45, 7) is 7.71. The van der Waals surface area contributed by atoms with E-state index in [9.17, 15) is 28.8 Å². The van der Waals surface area contributed by atoms with E-state index in [4.69, 9.17) is 37.9 Å². The second-order valence-corrected chi connectivity index (χ2v) is 8.59. The molecule has 0 radical (unpaired) electrons. The molecule has 0 aromatic carbocycles. The zero-order valence-corrected chi connectivity index (χ0v) is 22.2. The Balaban J connectivity index is 2.51. The van der Waals surface area contributed by atoms with Gasteiger partial charge in [-0.2, -0.15) is 0 Å². The number of hydrogen-bond donors (Lipinski definition) is 0. The first-order valence-electron chi connectivity index (χ1n) is 11.9. The number of carbonyl (C=O) groups is 6. The minimum atomic E-state index is -1.54. The Kier molecular flexibility index (Phi) is 11.6. The van der Waals surface area contributed by atoms with Gasteiger partial charge in [0.05, 0.1) is 18.9 Å². The largest absolute Gasteiger partial charge is 0.471 e. The van der Waals surface area contributed by atoms with Crippen LogP contribution in [0.25, 0.3) is 0 Å². The Labute approximate surface area is 224 Å². The maximum atomic E-state index is 12.2. The van der Waals surface area contributed by atoms with Crippen molar-refractivity contribution in [1.29, 1.82) is 0 Å². The summed E-state index contributed by atoms with van der Waals surface area (Å²) >= 11 is 0. The highest BCUT2D eigenvalue weighted by atomic mass is 16.8. The third kappa shape index (κ3) is 8.35. The average molecular weight is 557 g/mol. The van der Waals surface area contributed by atoms with Crippen LogP contribution in [-0.4, -0.2) is 86.8 Å². The molecular weight excluding hydrogens is 524 g/mol. The van der Waals surface area contributed by atoms with Crippen molar-refractivity contribution in [2.45, 2.75) is 71.1 Å². The van der Waals surface area contributed by atoms with E-state index in [1.807, 2.05) is 0 Å². The van der Waals surface area contributed by atoms with Gasteiger partial charge in [0.2, 0.25) is 12.6 Å². The molecule has 0 spiro atoms. The summed E-state index contributed by atoms with van der Waals surface area (Å²) in [7, 11) is 1.17. The van der Waals surface area contributed by atoms with Crippen molar-refractivity contribution in [3.8, 4) is 0 Å². The molecular formula is C25H32O14. The molecule has 8 atom stereocenters. The van der Waals surface area contributed by atoms with E-state index < -0.39 is 85.3 Å². The van der Waals surface area contributed by atoms with E-state index in [1.54, 1.807) is 0 Å². The molecule has 0 aliphatic carbocycles. The van der Waals surface area contributed by atoms with Crippen LogP contribution in [0.15, 0.2) is 24.5 Å².